The molecule has 2 rings (SSSR count). The number of rotatable bonds is 4. The molecular weight excluding hydrogens is 262 g/mol. The van der Waals surface area contributed by atoms with Gasteiger partial charge in [-0.2, -0.15) is 0 Å². The molecule has 1 aliphatic rings. The normalized spacial score (nSPS) is 18.6. The Morgan fingerprint density at radius 3 is 2.90 bits per heavy atom. The fourth-order valence-corrected chi connectivity index (χ4v) is 2.41. The number of benzene rings is 1. The molecule has 1 unspecified atom stereocenters. The van der Waals surface area contributed by atoms with Gasteiger partial charge >= 0.3 is 0 Å². The molecule has 106 valence electrons. The number of anilines is 1. The van der Waals surface area contributed by atoms with E-state index in [2.05, 4.69) is 5.32 Å². The first-order valence-electron chi connectivity index (χ1n) is 6.36. The third-order valence-corrected chi connectivity index (χ3v) is 3.36. The van der Waals surface area contributed by atoms with Crippen LogP contribution in [0.3, 0.4) is 0 Å². The van der Waals surface area contributed by atoms with Gasteiger partial charge in [-0.15, -0.1) is 0 Å². The molecule has 1 aromatic carbocycles. The van der Waals surface area contributed by atoms with Crippen molar-refractivity contribution >= 4 is 23.6 Å². The van der Waals surface area contributed by atoms with Gasteiger partial charge in [0, 0.05) is 24.7 Å². The number of aldehydes is 1. The summed E-state index contributed by atoms with van der Waals surface area (Å²) < 4.78 is 0. The van der Waals surface area contributed by atoms with Crippen LogP contribution in [0.5, 0.6) is 0 Å². The molecular formula is C13H15N3O4. The lowest BCUT2D eigenvalue weighted by atomic mass is 10.1. The van der Waals surface area contributed by atoms with Crippen LogP contribution >= 0.6 is 0 Å². The van der Waals surface area contributed by atoms with E-state index in [1.165, 1.54) is 18.2 Å². The molecule has 7 nitrogen and oxygen atoms in total. The largest absolute Gasteiger partial charge is 0.353 e. The van der Waals surface area contributed by atoms with Crippen LogP contribution in [0.25, 0.3) is 0 Å². The lowest BCUT2D eigenvalue weighted by Gasteiger charge is -2.35. The van der Waals surface area contributed by atoms with Crippen LogP contribution in [0.4, 0.5) is 11.4 Å². The van der Waals surface area contributed by atoms with Crippen molar-refractivity contribution in [3.8, 4) is 0 Å². The summed E-state index contributed by atoms with van der Waals surface area (Å²) >= 11 is 0. The van der Waals surface area contributed by atoms with Crippen molar-refractivity contribution in [3.05, 3.63) is 33.9 Å². The minimum absolute atomic E-state index is 0.132. The third kappa shape index (κ3) is 2.47. The summed E-state index contributed by atoms with van der Waals surface area (Å²) in [5.74, 6) is -0.132. The number of nitrogens with zero attached hydrogens (tertiary/aromatic N) is 2. The van der Waals surface area contributed by atoms with Crippen LogP contribution in [0.1, 0.15) is 23.7 Å². The highest BCUT2D eigenvalue weighted by Crippen LogP contribution is 2.31. The van der Waals surface area contributed by atoms with E-state index in [-0.39, 0.29) is 17.2 Å². The maximum atomic E-state index is 11.8. The third-order valence-electron chi connectivity index (χ3n) is 3.36. The minimum atomic E-state index is -0.526. The molecule has 0 bridgehead atoms. The molecule has 1 atom stereocenters. The van der Waals surface area contributed by atoms with Crippen molar-refractivity contribution in [2.45, 2.75) is 19.4 Å². The number of nitrogens with one attached hydrogen (secondary N) is 1. The molecule has 1 N–H and O–H groups in total. The summed E-state index contributed by atoms with van der Waals surface area (Å²) in [6.45, 7) is 2.81. The van der Waals surface area contributed by atoms with Gasteiger partial charge in [0.25, 0.3) is 5.69 Å². The monoisotopic (exact) mass is 277 g/mol. The van der Waals surface area contributed by atoms with Crippen LogP contribution in [0, 0.1) is 10.1 Å². The number of nitro benzene ring substituents is 1. The molecule has 1 heterocycles. The molecule has 1 fully saturated rings. The molecule has 0 spiro atoms. The fourth-order valence-electron chi connectivity index (χ4n) is 2.41. The zero-order chi connectivity index (χ0) is 14.7. The van der Waals surface area contributed by atoms with Gasteiger partial charge in [-0.3, -0.25) is 19.7 Å². The van der Waals surface area contributed by atoms with E-state index >= 15 is 0 Å². The summed E-state index contributed by atoms with van der Waals surface area (Å²) in [6, 6.07) is 3.86. The van der Waals surface area contributed by atoms with Crippen LogP contribution in [-0.2, 0) is 4.79 Å². The van der Waals surface area contributed by atoms with Gasteiger partial charge in [0.1, 0.15) is 18.0 Å². The van der Waals surface area contributed by atoms with Gasteiger partial charge in [0.2, 0.25) is 5.91 Å². The number of amides is 1. The van der Waals surface area contributed by atoms with E-state index in [4.69, 9.17) is 0 Å². The average Bonchev–Trinajstić information content (AvgIpc) is 2.46. The molecule has 0 radical (unpaired) electrons. The summed E-state index contributed by atoms with van der Waals surface area (Å²) in [4.78, 5) is 34.9. The van der Waals surface area contributed by atoms with Gasteiger partial charge in [-0.1, -0.05) is 6.92 Å². The van der Waals surface area contributed by atoms with Crippen molar-refractivity contribution in [1.29, 1.82) is 0 Å². The quantitative estimate of drug-likeness (QED) is 0.506. The van der Waals surface area contributed by atoms with E-state index in [0.717, 1.165) is 0 Å². The summed E-state index contributed by atoms with van der Waals surface area (Å²) in [5.41, 5.74) is 0.472. The zero-order valence-electron chi connectivity index (χ0n) is 11.0. The Morgan fingerprint density at radius 1 is 1.55 bits per heavy atom. The van der Waals surface area contributed by atoms with Crippen LogP contribution in [0.15, 0.2) is 18.2 Å². The molecule has 0 aliphatic carbocycles. The highest BCUT2D eigenvalue weighted by atomic mass is 16.6. The van der Waals surface area contributed by atoms with E-state index in [9.17, 15) is 19.7 Å². The Labute approximate surface area is 115 Å². The lowest BCUT2D eigenvalue weighted by molar-refractivity contribution is -0.384. The van der Waals surface area contributed by atoms with E-state index in [1.54, 1.807) is 4.90 Å². The Hall–Kier alpha value is -2.44. The smallest absolute Gasteiger partial charge is 0.293 e. The molecule has 1 aromatic rings. The van der Waals surface area contributed by atoms with Crippen molar-refractivity contribution < 1.29 is 14.5 Å². The summed E-state index contributed by atoms with van der Waals surface area (Å²) in [5, 5.41) is 13.9. The minimum Gasteiger partial charge on any atom is -0.353 e. The van der Waals surface area contributed by atoms with Gasteiger partial charge in [-0.05, 0) is 18.6 Å². The molecule has 0 aromatic heterocycles. The Balaban J connectivity index is 2.47. The second kappa shape index (κ2) is 5.68. The Bertz CT molecular complexity index is 559. The van der Waals surface area contributed by atoms with Crippen molar-refractivity contribution in [2.24, 2.45) is 0 Å². The molecule has 1 aliphatic heterocycles. The van der Waals surface area contributed by atoms with Crippen molar-refractivity contribution in [1.82, 2.24) is 5.32 Å². The predicted molar refractivity (Wildman–Crippen MR) is 72.9 cm³/mol. The second-order valence-corrected chi connectivity index (χ2v) is 4.53. The molecule has 1 amide bonds. The number of piperazine rings is 1. The first-order valence-corrected chi connectivity index (χ1v) is 6.36. The van der Waals surface area contributed by atoms with Gasteiger partial charge in [0.05, 0.1) is 4.92 Å². The molecule has 1 saturated heterocycles. The van der Waals surface area contributed by atoms with E-state index in [1.807, 2.05) is 6.92 Å². The molecule has 7 heteroatoms. The summed E-state index contributed by atoms with van der Waals surface area (Å²) in [7, 11) is 0. The predicted octanol–water partition coefficient (Wildman–Crippen LogP) is 1.12. The number of hydrogen-bond donors (Lipinski definition) is 1. The number of carbonyl (C=O) groups excluding carboxylic acids is 2. The van der Waals surface area contributed by atoms with Crippen LogP contribution in [0.2, 0.25) is 0 Å². The Morgan fingerprint density at radius 2 is 2.30 bits per heavy atom. The number of hydrogen-bond acceptors (Lipinski definition) is 5. The average molecular weight is 277 g/mol. The number of nitro groups is 1. The van der Waals surface area contributed by atoms with Crippen LogP contribution < -0.4 is 10.2 Å². The van der Waals surface area contributed by atoms with Gasteiger partial charge in [-0.25, -0.2) is 0 Å². The molecule has 0 saturated carbocycles. The first-order chi connectivity index (χ1) is 9.58. The van der Waals surface area contributed by atoms with Gasteiger partial charge in [0.15, 0.2) is 0 Å². The van der Waals surface area contributed by atoms with Crippen molar-refractivity contribution in [3.63, 3.8) is 0 Å². The topological polar surface area (TPSA) is 92.6 Å². The fraction of sp³-hybridized carbons (Fsp3) is 0.385. The maximum Gasteiger partial charge on any atom is 0.293 e. The summed E-state index contributed by atoms with van der Waals surface area (Å²) in [6.07, 6.45) is 1.12. The first kappa shape index (κ1) is 14.0. The highest BCUT2D eigenvalue weighted by molar-refractivity contribution is 5.88. The SMILES string of the molecule is CCC1C(=O)NCCN1c1ccc(C=O)cc1[N+](=O)[O-]. The highest BCUT2D eigenvalue weighted by Gasteiger charge is 2.32. The van der Waals surface area contributed by atoms with Crippen LogP contribution in [-0.4, -0.2) is 36.2 Å². The zero-order valence-corrected chi connectivity index (χ0v) is 11.0. The Kier molecular flexibility index (Phi) is 3.97. The number of carbonyl (C=O) groups is 2. The van der Waals surface area contributed by atoms with Crippen molar-refractivity contribution in [2.75, 3.05) is 18.0 Å². The standard InChI is InChI=1S/C13H15N3O4/c1-2-10-13(18)14-5-6-15(10)11-4-3-9(8-17)7-12(11)16(19)20/h3-4,7-8,10H,2,5-6H2,1H3,(H,14,18). The lowest BCUT2D eigenvalue weighted by Crippen LogP contribution is -2.55. The second-order valence-electron chi connectivity index (χ2n) is 4.53. The van der Waals surface area contributed by atoms with E-state index < -0.39 is 11.0 Å². The maximum absolute atomic E-state index is 11.8. The molecule has 20 heavy (non-hydrogen) atoms. The van der Waals surface area contributed by atoms with E-state index in [0.29, 0.717) is 31.5 Å². The van der Waals surface area contributed by atoms with Gasteiger partial charge < -0.3 is 10.2 Å².